The minimum Gasteiger partial charge on any atom is -0.399 e. The maximum atomic E-state index is 6.26. The van der Waals surface area contributed by atoms with Crippen molar-refractivity contribution < 1.29 is 9.31 Å². The molecule has 2 heterocycles. The minimum atomic E-state index is -0.301. The lowest BCUT2D eigenvalue weighted by Crippen LogP contribution is -2.48. The molecule has 4 saturated carbocycles. The fourth-order valence-electron chi connectivity index (χ4n) is 6.64. The van der Waals surface area contributed by atoms with Crippen molar-refractivity contribution in [2.45, 2.75) is 90.9 Å². The third-order valence-corrected chi connectivity index (χ3v) is 8.15. The van der Waals surface area contributed by atoms with E-state index in [2.05, 4.69) is 45.5 Å². The van der Waals surface area contributed by atoms with Crippen molar-refractivity contribution in [3.8, 4) is 0 Å². The molecule has 0 spiro atoms. The van der Waals surface area contributed by atoms with Gasteiger partial charge >= 0.3 is 7.12 Å². The second-order valence-electron chi connectivity index (χ2n) is 10.9. The van der Waals surface area contributed by atoms with Crippen LogP contribution in [0.4, 0.5) is 0 Å². The summed E-state index contributed by atoms with van der Waals surface area (Å²) in [6.45, 7) is 11.6. The molecule has 6 rings (SSSR count). The monoisotopic (exact) mass is 356 g/mol. The molecule has 0 radical (unpaired) electrons. The summed E-state index contributed by atoms with van der Waals surface area (Å²) in [6.07, 6.45) is 11.0. The molecule has 26 heavy (non-hydrogen) atoms. The third-order valence-electron chi connectivity index (χ3n) is 8.15. The molecule has 4 aliphatic carbocycles. The van der Waals surface area contributed by atoms with Gasteiger partial charge in [-0.05, 0) is 96.3 Å². The quantitative estimate of drug-likeness (QED) is 0.775. The van der Waals surface area contributed by atoms with E-state index < -0.39 is 0 Å². The topological polar surface area (TPSA) is 36.3 Å². The van der Waals surface area contributed by atoms with Crippen LogP contribution >= 0.6 is 0 Å². The number of aromatic nitrogens is 2. The number of nitrogens with zero attached hydrogens (tertiary/aromatic N) is 2. The Balaban J connectivity index is 1.37. The lowest BCUT2D eigenvalue weighted by Gasteiger charge is -2.56. The highest BCUT2D eigenvalue weighted by molar-refractivity contribution is 6.62. The van der Waals surface area contributed by atoms with Crippen LogP contribution in [0.3, 0.4) is 0 Å². The van der Waals surface area contributed by atoms with Crippen molar-refractivity contribution in [2.75, 3.05) is 0 Å². The Morgan fingerprint density at radius 1 is 1.00 bits per heavy atom. The van der Waals surface area contributed by atoms with Gasteiger partial charge in [0.25, 0.3) is 0 Å². The standard InChI is InChI=1S/C21H33BN2O2/c1-14-18(22-25-19(2,3)20(4,5)26-22)12-24(23-14)13-21-9-15-6-16(10-21)8-17(7-15)11-21/h12,15-17H,6-11,13H2,1-5H3. The lowest BCUT2D eigenvalue weighted by molar-refractivity contribution is -0.0635. The first-order valence-corrected chi connectivity index (χ1v) is 10.5. The Morgan fingerprint density at radius 3 is 2.00 bits per heavy atom. The number of aryl methyl sites for hydroxylation is 1. The Labute approximate surface area is 158 Å². The molecule has 4 nitrogen and oxygen atoms in total. The molecular weight excluding hydrogens is 323 g/mol. The summed E-state index contributed by atoms with van der Waals surface area (Å²) in [7, 11) is -0.301. The van der Waals surface area contributed by atoms with E-state index >= 15 is 0 Å². The van der Waals surface area contributed by atoms with Crippen LogP contribution in [0.5, 0.6) is 0 Å². The summed E-state index contributed by atoms with van der Waals surface area (Å²) in [5.41, 5.74) is 2.06. The van der Waals surface area contributed by atoms with Gasteiger partial charge in [0.1, 0.15) is 0 Å². The summed E-state index contributed by atoms with van der Waals surface area (Å²) in [5.74, 6) is 2.96. The Kier molecular flexibility index (Phi) is 3.58. The largest absolute Gasteiger partial charge is 0.498 e. The summed E-state index contributed by atoms with van der Waals surface area (Å²) in [5, 5.41) is 4.88. The number of hydrogen-bond acceptors (Lipinski definition) is 3. The summed E-state index contributed by atoms with van der Waals surface area (Å²) in [6, 6.07) is 0. The molecule has 5 aliphatic rings. The lowest BCUT2D eigenvalue weighted by atomic mass is 9.49. The average Bonchev–Trinajstić information content (AvgIpc) is 2.93. The van der Waals surface area contributed by atoms with Crippen molar-refractivity contribution in [1.82, 2.24) is 9.78 Å². The van der Waals surface area contributed by atoms with Gasteiger partial charge in [0.15, 0.2) is 0 Å². The summed E-state index contributed by atoms with van der Waals surface area (Å²) < 4.78 is 14.7. The van der Waals surface area contributed by atoms with Crippen LogP contribution < -0.4 is 5.46 Å². The van der Waals surface area contributed by atoms with Gasteiger partial charge < -0.3 is 9.31 Å². The van der Waals surface area contributed by atoms with E-state index in [1.165, 1.54) is 38.5 Å². The molecule has 1 saturated heterocycles. The predicted octanol–water partition coefficient (Wildman–Crippen LogP) is 3.71. The zero-order valence-electron chi connectivity index (χ0n) is 17.0. The molecule has 1 aromatic heterocycles. The first-order chi connectivity index (χ1) is 12.1. The van der Waals surface area contributed by atoms with Crippen molar-refractivity contribution in [3.05, 3.63) is 11.9 Å². The first-order valence-electron chi connectivity index (χ1n) is 10.5. The minimum absolute atomic E-state index is 0.299. The third kappa shape index (κ3) is 2.61. The second kappa shape index (κ2) is 5.38. The highest BCUT2D eigenvalue weighted by Gasteiger charge is 2.53. The zero-order chi connectivity index (χ0) is 18.3. The van der Waals surface area contributed by atoms with Gasteiger partial charge in [-0.1, -0.05) is 0 Å². The van der Waals surface area contributed by atoms with Gasteiger partial charge in [-0.25, -0.2) is 0 Å². The molecule has 5 heteroatoms. The van der Waals surface area contributed by atoms with Crippen LogP contribution in [0.2, 0.25) is 0 Å². The molecule has 142 valence electrons. The highest BCUT2D eigenvalue weighted by Crippen LogP contribution is 2.60. The molecule has 4 bridgehead atoms. The van der Waals surface area contributed by atoms with Gasteiger partial charge in [0, 0.05) is 18.2 Å². The van der Waals surface area contributed by atoms with Crippen molar-refractivity contribution in [3.63, 3.8) is 0 Å². The molecular formula is C21H33BN2O2. The van der Waals surface area contributed by atoms with Gasteiger partial charge in [-0.3, -0.25) is 4.68 Å². The van der Waals surface area contributed by atoms with Crippen LogP contribution in [-0.4, -0.2) is 28.1 Å². The maximum absolute atomic E-state index is 6.26. The molecule has 1 aromatic rings. The van der Waals surface area contributed by atoms with Crippen LogP contribution in [0.1, 0.15) is 71.9 Å². The van der Waals surface area contributed by atoms with Crippen LogP contribution in [0.25, 0.3) is 0 Å². The molecule has 0 aromatic carbocycles. The van der Waals surface area contributed by atoms with E-state index in [-0.39, 0.29) is 18.3 Å². The van der Waals surface area contributed by atoms with E-state index in [4.69, 9.17) is 14.4 Å². The fourth-order valence-corrected chi connectivity index (χ4v) is 6.64. The zero-order valence-corrected chi connectivity index (χ0v) is 17.0. The average molecular weight is 356 g/mol. The highest BCUT2D eigenvalue weighted by atomic mass is 16.7. The predicted molar refractivity (Wildman–Crippen MR) is 103 cm³/mol. The van der Waals surface area contributed by atoms with Gasteiger partial charge in [0.05, 0.1) is 16.9 Å². The molecule has 5 fully saturated rings. The van der Waals surface area contributed by atoms with Crippen LogP contribution in [0.15, 0.2) is 6.20 Å². The van der Waals surface area contributed by atoms with Gasteiger partial charge in [-0.15, -0.1) is 0 Å². The summed E-state index contributed by atoms with van der Waals surface area (Å²) in [4.78, 5) is 0. The van der Waals surface area contributed by atoms with Gasteiger partial charge in [0.2, 0.25) is 0 Å². The number of rotatable bonds is 3. The van der Waals surface area contributed by atoms with E-state index in [1.807, 2.05) is 0 Å². The fraction of sp³-hybridized carbons (Fsp3) is 0.857. The van der Waals surface area contributed by atoms with Crippen molar-refractivity contribution in [1.29, 1.82) is 0 Å². The molecule has 1 aliphatic heterocycles. The molecule has 0 atom stereocenters. The van der Waals surface area contributed by atoms with Crippen molar-refractivity contribution >= 4 is 12.6 Å². The van der Waals surface area contributed by atoms with E-state index in [1.54, 1.807) is 0 Å². The number of hydrogen-bond donors (Lipinski definition) is 0. The Morgan fingerprint density at radius 2 is 1.50 bits per heavy atom. The Hall–Kier alpha value is -0.805. The second-order valence-corrected chi connectivity index (χ2v) is 10.9. The molecule has 0 N–H and O–H groups in total. The maximum Gasteiger partial charge on any atom is 0.498 e. The smallest absolute Gasteiger partial charge is 0.399 e. The first kappa shape index (κ1) is 17.3. The Bertz CT molecular complexity index is 672. The molecule has 0 amide bonds. The van der Waals surface area contributed by atoms with Crippen molar-refractivity contribution in [2.24, 2.45) is 23.2 Å². The van der Waals surface area contributed by atoms with Crippen LogP contribution in [-0.2, 0) is 15.9 Å². The summed E-state index contributed by atoms with van der Waals surface area (Å²) >= 11 is 0. The van der Waals surface area contributed by atoms with Gasteiger partial charge in [-0.2, -0.15) is 5.10 Å². The normalized spacial score (nSPS) is 39.7. The SMILES string of the molecule is Cc1nn(CC23CC4CC(CC(C4)C2)C3)cc1B1OC(C)(C)C(C)(C)O1. The van der Waals surface area contributed by atoms with E-state index in [9.17, 15) is 0 Å². The molecule has 0 unspecified atom stereocenters. The van der Waals surface area contributed by atoms with E-state index in [0.717, 1.165) is 35.5 Å². The van der Waals surface area contributed by atoms with E-state index in [0.29, 0.717) is 5.41 Å². The van der Waals surface area contributed by atoms with Crippen LogP contribution in [0, 0.1) is 30.1 Å².